The number of hydrogen-bond donors (Lipinski definition) is 0. The zero-order chi connectivity index (χ0) is 9.52. The van der Waals surface area contributed by atoms with Gasteiger partial charge in [-0.15, -0.1) is 0 Å². The minimum absolute atomic E-state index is 0.0404. The van der Waals surface area contributed by atoms with Gasteiger partial charge in [0.05, 0.1) is 6.61 Å². The number of hydrogen-bond acceptors (Lipinski definition) is 2. The van der Waals surface area contributed by atoms with Gasteiger partial charge in [-0.2, -0.15) is 0 Å². The summed E-state index contributed by atoms with van der Waals surface area (Å²) >= 11 is 0. The first kappa shape index (κ1) is 11.2. The zero-order valence-corrected chi connectivity index (χ0v) is 10.3. The molecule has 1 aliphatic rings. The molecule has 0 spiro atoms. The third-order valence-corrected chi connectivity index (χ3v) is 3.50. The van der Waals surface area contributed by atoms with Crippen LogP contribution in [0.5, 0.6) is 0 Å². The fourth-order valence-electron chi connectivity index (χ4n) is 1.91. The first-order valence-electron chi connectivity index (χ1n) is 5.56. The molecule has 0 saturated heterocycles. The standard InChI is InChI=1S/C10H22O2Si/c1-9(12-13-2)11-8-10-6-4-3-5-7-10/h9-10H,3-8,13H2,1-2H3. The lowest BCUT2D eigenvalue weighted by Gasteiger charge is -2.23. The Morgan fingerprint density at radius 1 is 1.31 bits per heavy atom. The van der Waals surface area contributed by atoms with Crippen LogP contribution >= 0.6 is 0 Å². The van der Waals surface area contributed by atoms with E-state index in [0.717, 1.165) is 12.5 Å². The van der Waals surface area contributed by atoms with E-state index in [1.54, 1.807) is 0 Å². The highest BCUT2D eigenvalue weighted by Gasteiger charge is 2.14. The molecule has 0 amide bonds. The van der Waals surface area contributed by atoms with E-state index in [4.69, 9.17) is 9.16 Å². The van der Waals surface area contributed by atoms with Crippen molar-refractivity contribution in [3.8, 4) is 0 Å². The molecular weight excluding hydrogens is 180 g/mol. The van der Waals surface area contributed by atoms with Crippen LogP contribution in [0.25, 0.3) is 0 Å². The average molecular weight is 202 g/mol. The summed E-state index contributed by atoms with van der Waals surface area (Å²) in [5.74, 6) is 0.804. The van der Waals surface area contributed by atoms with Crippen molar-refractivity contribution in [2.75, 3.05) is 6.61 Å². The molecule has 0 heterocycles. The van der Waals surface area contributed by atoms with Crippen molar-refractivity contribution in [1.82, 2.24) is 0 Å². The van der Waals surface area contributed by atoms with Crippen LogP contribution in [0, 0.1) is 5.92 Å². The lowest BCUT2D eigenvalue weighted by molar-refractivity contribution is -0.0811. The molecule has 0 aromatic rings. The summed E-state index contributed by atoms with van der Waals surface area (Å²) in [5, 5.41) is 0. The molecule has 0 aliphatic heterocycles. The minimum atomic E-state index is -0.307. The maximum absolute atomic E-state index is 5.63. The van der Waals surface area contributed by atoms with Crippen molar-refractivity contribution in [3.05, 3.63) is 0 Å². The van der Waals surface area contributed by atoms with Gasteiger partial charge < -0.3 is 9.16 Å². The van der Waals surface area contributed by atoms with Gasteiger partial charge in [0.25, 0.3) is 0 Å². The summed E-state index contributed by atoms with van der Waals surface area (Å²) in [4.78, 5) is 0. The Labute approximate surface area is 83.9 Å². The van der Waals surface area contributed by atoms with Crippen LogP contribution in [0.3, 0.4) is 0 Å². The van der Waals surface area contributed by atoms with Crippen LogP contribution in [-0.2, 0) is 9.16 Å². The lowest BCUT2D eigenvalue weighted by Crippen LogP contribution is -2.20. The Bertz CT molecular complexity index is 124. The molecule has 1 unspecified atom stereocenters. The molecule has 13 heavy (non-hydrogen) atoms. The SMILES string of the molecule is C[SiH2]OC(C)OCC1CCCCC1. The monoisotopic (exact) mass is 202 g/mol. The molecule has 0 aromatic carbocycles. The van der Waals surface area contributed by atoms with Crippen molar-refractivity contribution >= 4 is 9.76 Å². The molecule has 1 aliphatic carbocycles. The summed E-state index contributed by atoms with van der Waals surface area (Å²) in [6.07, 6.45) is 6.97. The summed E-state index contributed by atoms with van der Waals surface area (Å²) in [6.45, 7) is 5.06. The molecule has 3 heteroatoms. The second kappa shape index (κ2) is 6.57. The van der Waals surface area contributed by atoms with E-state index in [1.165, 1.54) is 32.1 Å². The maximum atomic E-state index is 5.63. The van der Waals surface area contributed by atoms with E-state index in [1.807, 2.05) is 6.92 Å². The van der Waals surface area contributed by atoms with E-state index in [-0.39, 0.29) is 16.1 Å². The summed E-state index contributed by atoms with van der Waals surface area (Å²) in [5.41, 5.74) is 0. The van der Waals surface area contributed by atoms with Crippen molar-refractivity contribution in [3.63, 3.8) is 0 Å². The maximum Gasteiger partial charge on any atom is 0.161 e. The average Bonchev–Trinajstić information content (AvgIpc) is 2.17. The minimum Gasteiger partial charge on any atom is -0.400 e. The lowest BCUT2D eigenvalue weighted by atomic mass is 9.90. The third-order valence-electron chi connectivity index (χ3n) is 2.69. The highest BCUT2D eigenvalue weighted by molar-refractivity contribution is 6.24. The molecule has 1 saturated carbocycles. The second-order valence-electron chi connectivity index (χ2n) is 3.86. The van der Waals surface area contributed by atoms with Crippen molar-refractivity contribution in [2.24, 2.45) is 5.92 Å². The van der Waals surface area contributed by atoms with E-state index in [0.29, 0.717) is 0 Å². The molecular formula is C10H22O2Si. The van der Waals surface area contributed by atoms with Gasteiger partial charge in [-0.1, -0.05) is 25.8 Å². The van der Waals surface area contributed by atoms with Crippen LogP contribution in [0.1, 0.15) is 39.0 Å². The Balaban J connectivity index is 2.03. The van der Waals surface area contributed by atoms with Crippen LogP contribution in [0.4, 0.5) is 0 Å². The second-order valence-corrected chi connectivity index (χ2v) is 4.77. The molecule has 78 valence electrons. The molecule has 0 aromatic heterocycles. The summed E-state index contributed by atoms with van der Waals surface area (Å²) < 4.78 is 11.1. The van der Waals surface area contributed by atoms with Gasteiger partial charge in [-0.05, 0) is 25.7 Å². The largest absolute Gasteiger partial charge is 0.400 e. The molecule has 1 rings (SSSR count). The molecule has 2 nitrogen and oxygen atoms in total. The fraction of sp³-hybridized carbons (Fsp3) is 1.00. The predicted octanol–water partition coefficient (Wildman–Crippen LogP) is 2.08. The van der Waals surface area contributed by atoms with E-state index in [9.17, 15) is 0 Å². The number of rotatable bonds is 5. The number of ether oxygens (including phenoxy) is 1. The topological polar surface area (TPSA) is 18.5 Å². The normalized spacial score (nSPS) is 22.6. The van der Waals surface area contributed by atoms with E-state index < -0.39 is 0 Å². The Morgan fingerprint density at radius 2 is 2.00 bits per heavy atom. The molecule has 0 radical (unpaired) electrons. The summed E-state index contributed by atoms with van der Waals surface area (Å²) in [7, 11) is -0.307. The first-order chi connectivity index (χ1) is 6.33. The van der Waals surface area contributed by atoms with Crippen LogP contribution in [0.2, 0.25) is 6.55 Å². The van der Waals surface area contributed by atoms with Crippen molar-refractivity contribution in [2.45, 2.75) is 51.9 Å². The smallest absolute Gasteiger partial charge is 0.161 e. The molecule has 0 bridgehead atoms. The Kier molecular flexibility index (Phi) is 5.67. The Morgan fingerprint density at radius 3 is 2.62 bits per heavy atom. The van der Waals surface area contributed by atoms with Crippen LogP contribution < -0.4 is 0 Å². The molecule has 0 N–H and O–H groups in total. The van der Waals surface area contributed by atoms with Crippen LogP contribution in [0.15, 0.2) is 0 Å². The first-order valence-corrected chi connectivity index (χ1v) is 7.55. The highest BCUT2D eigenvalue weighted by Crippen LogP contribution is 2.23. The van der Waals surface area contributed by atoms with E-state index >= 15 is 0 Å². The van der Waals surface area contributed by atoms with Crippen LogP contribution in [-0.4, -0.2) is 22.7 Å². The predicted molar refractivity (Wildman–Crippen MR) is 57.5 cm³/mol. The van der Waals surface area contributed by atoms with Gasteiger partial charge in [0.2, 0.25) is 0 Å². The highest BCUT2D eigenvalue weighted by atomic mass is 28.2. The van der Waals surface area contributed by atoms with Gasteiger partial charge in [0.15, 0.2) is 9.76 Å². The van der Waals surface area contributed by atoms with Gasteiger partial charge >= 0.3 is 0 Å². The van der Waals surface area contributed by atoms with E-state index in [2.05, 4.69) is 6.55 Å². The van der Waals surface area contributed by atoms with Gasteiger partial charge in [0, 0.05) is 0 Å². The zero-order valence-electron chi connectivity index (χ0n) is 8.92. The molecule has 1 atom stereocenters. The van der Waals surface area contributed by atoms with Gasteiger partial charge in [-0.25, -0.2) is 0 Å². The third kappa shape index (κ3) is 4.79. The fourth-order valence-corrected chi connectivity index (χ4v) is 2.47. The van der Waals surface area contributed by atoms with Gasteiger partial charge in [0.1, 0.15) is 6.29 Å². The van der Waals surface area contributed by atoms with Crippen molar-refractivity contribution < 1.29 is 9.16 Å². The van der Waals surface area contributed by atoms with Gasteiger partial charge in [-0.3, -0.25) is 0 Å². The Hall–Kier alpha value is 0.137. The summed E-state index contributed by atoms with van der Waals surface area (Å²) in [6, 6.07) is 0. The van der Waals surface area contributed by atoms with Crippen molar-refractivity contribution in [1.29, 1.82) is 0 Å². The molecule has 1 fully saturated rings. The quantitative estimate of drug-likeness (QED) is 0.502.